The van der Waals surface area contributed by atoms with Gasteiger partial charge >= 0.3 is 0 Å². The van der Waals surface area contributed by atoms with Gasteiger partial charge in [-0.25, -0.2) is 0 Å². The average molecular weight is 202 g/mol. The summed E-state index contributed by atoms with van der Waals surface area (Å²) in [5.41, 5.74) is 0.852. The third-order valence-corrected chi connectivity index (χ3v) is 2.12. The molecule has 0 saturated carbocycles. The lowest BCUT2D eigenvalue weighted by molar-refractivity contribution is 0.478. The Hall–Kier alpha value is -0.570. The lowest BCUT2D eigenvalue weighted by atomic mass is 10.1. The molecule has 0 bridgehead atoms. The molecule has 74 valence electrons. The molecule has 1 aromatic rings. The van der Waals surface area contributed by atoms with Crippen LogP contribution >= 0.6 is 11.6 Å². The van der Waals surface area contributed by atoms with E-state index in [9.17, 15) is 0 Å². The minimum Gasteiger partial charge on any atom is -0.252 e. The minimum atomic E-state index is -0.0483. The Bertz CT molecular complexity index is 255. The van der Waals surface area contributed by atoms with Crippen molar-refractivity contribution in [2.24, 2.45) is 5.92 Å². The van der Waals surface area contributed by atoms with Crippen molar-refractivity contribution in [1.29, 1.82) is 0 Å². The molecular formula is C9H16ClN3. The molecule has 0 spiro atoms. The summed E-state index contributed by atoms with van der Waals surface area (Å²) >= 11 is 5.86. The fourth-order valence-electron chi connectivity index (χ4n) is 0.995. The van der Waals surface area contributed by atoms with Crippen molar-refractivity contribution >= 4 is 11.6 Å². The van der Waals surface area contributed by atoms with E-state index in [2.05, 4.69) is 24.2 Å². The van der Waals surface area contributed by atoms with Crippen LogP contribution < -0.4 is 0 Å². The molecule has 3 nitrogen and oxygen atoms in total. The fraction of sp³-hybridized carbons (Fsp3) is 0.778. The third-order valence-electron chi connectivity index (χ3n) is 1.90. The van der Waals surface area contributed by atoms with Crippen molar-refractivity contribution in [2.45, 2.75) is 39.1 Å². The van der Waals surface area contributed by atoms with Crippen LogP contribution in [0.1, 0.15) is 38.3 Å². The van der Waals surface area contributed by atoms with Crippen molar-refractivity contribution in [1.82, 2.24) is 15.0 Å². The molecule has 0 amide bonds. The Kier molecular flexibility index (Phi) is 3.72. The Morgan fingerprint density at radius 3 is 2.62 bits per heavy atom. The maximum absolute atomic E-state index is 5.86. The standard InChI is InChI=1S/C9H16ClN3/c1-7(2)4-5-13-6-9(8(3)10)11-12-13/h6-8H,4-5H2,1-3H3. The molecule has 0 fully saturated rings. The zero-order valence-corrected chi connectivity index (χ0v) is 9.12. The fourth-order valence-corrected chi connectivity index (χ4v) is 1.10. The number of aromatic nitrogens is 3. The number of aryl methyl sites for hydroxylation is 1. The van der Waals surface area contributed by atoms with Gasteiger partial charge in [-0.1, -0.05) is 19.1 Å². The van der Waals surface area contributed by atoms with Crippen LogP contribution in [0.4, 0.5) is 0 Å². The topological polar surface area (TPSA) is 30.7 Å². The second-order valence-corrected chi connectivity index (χ2v) is 4.36. The maximum Gasteiger partial charge on any atom is 0.100 e. The van der Waals surface area contributed by atoms with Crippen LogP contribution in [-0.4, -0.2) is 15.0 Å². The van der Waals surface area contributed by atoms with E-state index in [1.807, 2.05) is 17.8 Å². The molecular weight excluding hydrogens is 186 g/mol. The number of nitrogens with zero attached hydrogens (tertiary/aromatic N) is 3. The summed E-state index contributed by atoms with van der Waals surface area (Å²) in [7, 11) is 0. The molecule has 0 saturated heterocycles. The summed E-state index contributed by atoms with van der Waals surface area (Å²) in [6.07, 6.45) is 3.04. The molecule has 1 aromatic heterocycles. The van der Waals surface area contributed by atoms with Gasteiger partial charge in [-0.3, -0.25) is 4.68 Å². The summed E-state index contributed by atoms with van der Waals surface area (Å²) in [6.45, 7) is 7.22. The number of alkyl halides is 1. The van der Waals surface area contributed by atoms with E-state index in [-0.39, 0.29) is 5.38 Å². The highest BCUT2D eigenvalue weighted by Crippen LogP contribution is 2.15. The van der Waals surface area contributed by atoms with Gasteiger partial charge in [0.1, 0.15) is 5.69 Å². The molecule has 0 aromatic carbocycles. The van der Waals surface area contributed by atoms with E-state index in [0.717, 1.165) is 18.7 Å². The van der Waals surface area contributed by atoms with Gasteiger partial charge in [0.15, 0.2) is 0 Å². The van der Waals surface area contributed by atoms with Crippen LogP contribution in [0, 0.1) is 5.92 Å². The zero-order chi connectivity index (χ0) is 9.84. The number of halogens is 1. The summed E-state index contributed by atoms with van der Waals surface area (Å²) in [5, 5.41) is 7.92. The second kappa shape index (κ2) is 4.61. The molecule has 0 N–H and O–H groups in total. The summed E-state index contributed by atoms with van der Waals surface area (Å²) < 4.78 is 1.86. The maximum atomic E-state index is 5.86. The van der Waals surface area contributed by atoms with E-state index in [1.165, 1.54) is 0 Å². The van der Waals surface area contributed by atoms with Crippen molar-refractivity contribution in [3.63, 3.8) is 0 Å². The van der Waals surface area contributed by atoms with Crippen molar-refractivity contribution in [2.75, 3.05) is 0 Å². The van der Waals surface area contributed by atoms with Gasteiger partial charge in [0.2, 0.25) is 0 Å². The molecule has 4 heteroatoms. The van der Waals surface area contributed by atoms with E-state index < -0.39 is 0 Å². The molecule has 1 atom stereocenters. The summed E-state index contributed by atoms with van der Waals surface area (Å²) in [6, 6.07) is 0. The molecule has 13 heavy (non-hydrogen) atoms. The molecule has 0 radical (unpaired) electrons. The summed E-state index contributed by atoms with van der Waals surface area (Å²) in [5.74, 6) is 0.695. The predicted molar refractivity (Wildman–Crippen MR) is 53.7 cm³/mol. The molecule has 1 rings (SSSR count). The summed E-state index contributed by atoms with van der Waals surface area (Å²) in [4.78, 5) is 0. The SMILES string of the molecule is CC(C)CCn1cc(C(C)Cl)nn1. The van der Waals surface area contributed by atoms with E-state index in [1.54, 1.807) is 0 Å². The van der Waals surface area contributed by atoms with E-state index in [4.69, 9.17) is 11.6 Å². The van der Waals surface area contributed by atoms with Gasteiger partial charge in [0.25, 0.3) is 0 Å². The highest BCUT2D eigenvalue weighted by Gasteiger charge is 2.06. The van der Waals surface area contributed by atoms with Gasteiger partial charge in [0.05, 0.1) is 5.38 Å². The van der Waals surface area contributed by atoms with Crippen molar-refractivity contribution in [3.8, 4) is 0 Å². The number of rotatable bonds is 4. The molecule has 1 heterocycles. The van der Waals surface area contributed by atoms with Gasteiger partial charge in [0, 0.05) is 12.7 Å². The van der Waals surface area contributed by atoms with Crippen molar-refractivity contribution < 1.29 is 0 Å². The normalized spacial score (nSPS) is 13.6. The van der Waals surface area contributed by atoms with Gasteiger partial charge < -0.3 is 0 Å². The van der Waals surface area contributed by atoms with Crippen LogP contribution in [0.2, 0.25) is 0 Å². The first-order valence-electron chi connectivity index (χ1n) is 4.63. The van der Waals surface area contributed by atoms with Crippen molar-refractivity contribution in [3.05, 3.63) is 11.9 Å². The lowest BCUT2D eigenvalue weighted by Gasteiger charge is -2.02. The van der Waals surface area contributed by atoms with Crippen LogP contribution in [0.25, 0.3) is 0 Å². The first kappa shape index (κ1) is 10.5. The molecule has 1 unspecified atom stereocenters. The predicted octanol–water partition coefficient (Wildman–Crippen LogP) is 2.62. The van der Waals surface area contributed by atoms with Crippen LogP contribution in [0.15, 0.2) is 6.20 Å². The molecule has 0 aliphatic rings. The minimum absolute atomic E-state index is 0.0483. The highest BCUT2D eigenvalue weighted by molar-refractivity contribution is 6.20. The molecule has 0 aliphatic heterocycles. The van der Waals surface area contributed by atoms with E-state index >= 15 is 0 Å². The van der Waals surface area contributed by atoms with Gasteiger partial charge in [-0.05, 0) is 19.3 Å². The monoisotopic (exact) mass is 201 g/mol. The highest BCUT2D eigenvalue weighted by atomic mass is 35.5. The van der Waals surface area contributed by atoms with E-state index in [0.29, 0.717) is 5.92 Å². The largest absolute Gasteiger partial charge is 0.252 e. The Labute approximate surface area is 84.1 Å². The second-order valence-electron chi connectivity index (χ2n) is 3.71. The Morgan fingerprint density at radius 1 is 1.46 bits per heavy atom. The van der Waals surface area contributed by atoms with Crippen LogP contribution in [-0.2, 0) is 6.54 Å². The Balaban J connectivity index is 2.49. The van der Waals surface area contributed by atoms with Crippen LogP contribution in [0.5, 0.6) is 0 Å². The smallest absolute Gasteiger partial charge is 0.100 e. The molecule has 0 aliphatic carbocycles. The van der Waals surface area contributed by atoms with Crippen LogP contribution in [0.3, 0.4) is 0 Å². The number of hydrogen-bond donors (Lipinski definition) is 0. The number of hydrogen-bond acceptors (Lipinski definition) is 2. The lowest BCUT2D eigenvalue weighted by Crippen LogP contribution is -2.01. The third kappa shape index (κ3) is 3.35. The Morgan fingerprint density at radius 2 is 2.15 bits per heavy atom. The average Bonchev–Trinajstić information content (AvgIpc) is 2.48. The zero-order valence-electron chi connectivity index (χ0n) is 8.37. The van der Waals surface area contributed by atoms with Gasteiger partial charge in [-0.2, -0.15) is 0 Å². The quantitative estimate of drug-likeness (QED) is 0.702. The van der Waals surface area contributed by atoms with Gasteiger partial charge in [-0.15, -0.1) is 16.7 Å². The first-order valence-corrected chi connectivity index (χ1v) is 5.07. The first-order chi connectivity index (χ1) is 6.09.